The minimum atomic E-state index is -0.374. The van der Waals surface area contributed by atoms with Gasteiger partial charge >= 0.3 is 0 Å². The largest absolute Gasteiger partial charge is 0.444 e. The van der Waals surface area contributed by atoms with Crippen LogP contribution >= 0.6 is 23.2 Å². The first kappa shape index (κ1) is 22.8. The first-order chi connectivity index (χ1) is 13.7. The van der Waals surface area contributed by atoms with Crippen LogP contribution in [0.3, 0.4) is 0 Å². The van der Waals surface area contributed by atoms with Crippen molar-refractivity contribution in [3.63, 3.8) is 0 Å². The standard InChI is InChI=1S/C20H22Cl2N4O3/c1-4-7-26(10-18(27)24-17-6-5-14(21)8-16(17)22)11-19(28)25-20-15(9-23)12(2)13(3)29-20/h5-6,8H,4,7,10-11H2,1-3H3,(H,24,27)(H,25,28). The number of rotatable bonds is 8. The molecule has 1 heterocycles. The fraction of sp³-hybridized carbons (Fsp3) is 0.350. The van der Waals surface area contributed by atoms with E-state index in [1.807, 2.05) is 13.0 Å². The zero-order valence-corrected chi connectivity index (χ0v) is 17.9. The van der Waals surface area contributed by atoms with E-state index in [-0.39, 0.29) is 30.8 Å². The minimum Gasteiger partial charge on any atom is -0.444 e. The van der Waals surface area contributed by atoms with E-state index < -0.39 is 0 Å². The highest BCUT2D eigenvalue weighted by atomic mass is 35.5. The molecule has 0 bridgehead atoms. The molecule has 1 aromatic heterocycles. The van der Waals surface area contributed by atoms with Crippen molar-refractivity contribution < 1.29 is 14.0 Å². The van der Waals surface area contributed by atoms with Gasteiger partial charge in [0.1, 0.15) is 17.4 Å². The van der Waals surface area contributed by atoms with Gasteiger partial charge in [-0.2, -0.15) is 5.26 Å². The van der Waals surface area contributed by atoms with Crippen LogP contribution in [0.15, 0.2) is 22.6 Å². The molecule has 2 N–H and O–H groups in total. The predicted octanol–water partition coefficient (Wildman–Crippen LogP) is 4.36. The number of hydrogen-bond donors (Lipinski definition) is 2. The molecule has 7 nitrogen and oxygen atoms in total. The van der Waals surface area contributed by atoms with Gasteiger partial charge in [-0.3, -0.25) is 19.8 Å². The van der Waals surface area contributed by atoms with E-state index in [1.165, 1.54) is 6.07 Å². The van der Waals surface area contributed by atoms with Crippen molar-refractivity contribution in [3.8, 4) is 6.07 Å². The summed E-state index contributed by atoms with van der Waals surface area (Å²) in [6.07, 6.45) is 0.755. The number of carbonyl (C=O) groups is 2. The number of nitrogens with zero attached hydrogens (tertiary/aromatic N) is 2. The number of aryl methyl sites for hydroxylation is 1. The van der Waals surface area contributed by atoms with Gasteiger partial charge in [-0.25, -0.2) is 0 Å². The van der Waals surface area contributed by atoms with E-state index in [0.29, 0.717) is 39.2 Å². The van der Waals surface area contributed by atoms with Crippen molar-refractivity contribution in [1.29, 1.82) is 5.26 Å². The fourth-order valence-electron chi connectivity index (χ4n) is 2.73. The maximum absolute atomic E-state index is 12.4. The van der Waals surface area contributed by atoms with Crippen molar-refractivity contribution in [3.05, 3.63) is 45.1 Å². The molecule has 0 saturated heterocycles. The Hall–Kier alpha value is -2.53. The highest BCUT2D eigenvalue weighted by Crippen LogP contribution is 2.26. The lowest BCUT2D eigenvalue weighted by atomic mass is 10.2. The Morgan fingerprint density at radius 2 is 1.83 bits per heavy atom. The van der Waals surface area contributed by atoms with Crippen molar-refractivity contribution in [2.45, 2.75) is 27.2 Å². The number of halogens is 2. The third kappa shape index (κ3) is 6.23. The van der Waals surface area contributed by atoms with Gasteiger partial charge in [0.2, 0.25) is 17.7 Å². The fourth-order valence-corrected chi connectivity index (χ4v) is 3.19. The Morgan fingerprint density at radius 3 is 2.41 bits per heavy atom. The molecule has 154 valence electrons. The monoisotopic (exact) mass is 436 g/mol. The molecule has 0 aliphatic heterocycles. The van der Waals surface area contributed by atoms with Gasteiger partial charge in [0.15, 0.2) is 0 Å². The quantitative estimate of drug-likeness (QED) is 0.639. The highest BCUT2D eigenvalue weighted by molar-refractivity contribution is 6.36. The van der Waals surface area contributed by atoms with E-state index in [0.717, 1.165) is 6.42 Å². The van der Waals surface area contributed by atoms with Crippen LogP contribution in [0.4, 0.5) is 11.6 Å². The molecule has 0 aliphatic rings. The van der Waals surface area contributed by atoms with Gasteiger partial charge in [0.05, 0.1) is 23.8 Å². The van der Waals surface area contributed by atoms with Gasteiger partial charge in [0.25, 0.3) is 0 Å². The van der Waals surface area contributed by atoms with Crippen LogP contribution in [0.5, 0.6) is 0 Å². The molecule has 1 aromatic carbocycles. The SMILES string of the molecule is CCCN(CC(=O)Nc1ccc(Cl)cc1Cl)CC(=O)Nc1oc(C)c(C)c1C#N. The molecule has 0 aliphatic carbocycles. The molecule has 0 unspecified atom stereocenters. The highest BCUT2D eigenvalue weighted by Gasteiger charge is 2.19. The van der Waals surface area contributed by atoms with E-state index >= 15 is 0 Å². The van der Waals surface area contributed by atoms with Crippen LogP contribution < -0.4 is 10.6 Å². The van der Waals surface area contributed by atoms with Gasteiger partial charge in [0, 0.05) is 10.6 Å². The smallest absolute Gasteiger partial charge is 0.240 e. The summed E-state index contributed by atoms with van der Waals surface area (Å²) in [5, 5.41) is 15.4. The van der Waals surface area contributed by atoms with Crippen LogP contribution in [0.2, 0.25) is 10.0 Å². The van der Waals surface area contributed by atoms with Crippen molar-refractivity contribution in [2.75, 3.05) is 30.3 Å². The molecule has 9 heteroatoms. The first-order valence-corrected chi connectivity index (χ1v) is 9.77. The maximum atomic E-state index is 12.4. The van der Waals surface area contributed by atoms with Crippen molar-refractivity contribution in [1.82, 2.24) is 4.90 Å². The number of benzene rings is 1. The van der Waals surface area contributed by atoms with Gasteiger partial charge in [-0.15, -0.1) is 0 Å². The molecule has 0 atom stereocenters. The molecular weight excluding hydrogens is 415 g/mol. The number of amides is 2. The average Bonchev–Trinajstić information content (AvgIpc) is 2.90. The third-order valence-electron chi connectivity index (χ3n) is 4.23. The number of hydrogen-bond acceptors (Lipinski definition) is 5. The summed E-state index contributed by atoms with van der Waals surface area (Å²) >= 11 is 11.9. The Labute approximate surface area is 179 Å². The summed E-state index contributed by atoms with van der Waals surface area (Å²) in [5.41, 5.74) is 1.43. The number of carbonyl (C=O) groups excluding carboxylic acids is 2. The second kappa shape index (κ2) is 10.3. The van der Waals surface area contributed by atoms with Gasteiger partial charge in [-0.05, 0) is 45.0 Å². The summed E-state index contributed by atoms with van der Waals surface area (Å²) < 4.78 is 5.45. The van der Waals surface area contributed by atoms with E-state index in [2.05, 4.69) is 10.6 Å². The molecular formula is C20H22Cl2N4O3. The van der Waals surface area contributed by atoms with Crippen LogP contribution in [-0.4, -0.2) is 36.3 Å². The van der Waals surface area contributed by atoms with Crippen LogP contribution in [0, 0.1) is 25.2 Å². The lowest BCUT2D eigenvalue weighted by molar-refractivity contribution is -0.120. The Kier molecular flexibility index (Phi) is 8.09. The summed E-state index contributed by atoms with van der Waals surface area (Å²) in [6.45, 7) is 5.94. The molecule has 2 rings (SSSR count). The Morgan fingerprint density at radius 1 is 1.17 bits per heavy atom. The summed E-state index contributed by atoms with van der Waals surface area (Å²) in [7, 11) is 0. The lowest BCUT2D eigenvalue weighted by Crippen LogP contribution is -2.39. The number of furan rings is 1. The lowest BCUT2D eigenvalue weighted by Gasteiger charge is -2.20. The minimum absolute atomic E-state index is 0.00152. The van der Waals surface area contributed by atoms with E-state index in [1.54, 1.807) is 30.9 Å². The topological polar surface area (TPSA) is 98.4 Å². The molecule has 0 radical (unpaired) electrons. The van der Waals surface area contributed by atoms with Crippen LogP contribution in [-0.2, 0) is 9.59 Å². The Balaban J connectivity index is 2.00. The number of nitriles is 1. The van der Waals surface area contributed by atoms with Crippen LogP contribution in [0.1, 0.15) is 30.2 Å². The predicted molar refractivity (Wildman–Crippen MR) is 113 cm³/mol. The van der Waals surface area contributed by atoms with E-state index in [9.17, 15) is 14.9 Å². The second-order valence-corrected chi connectivity index (χ2v) is 7.37. The molecule has 0 saturated carbocycles. The molecule has 2 aromatic rings. The third-order valence-corrected chi connectivity index (χ3v) is 4.78. The molecule has 2 amide bonds. The Bertz CT molecular complexity index is 950. The van der Waals surface area contributed by atoms with Crippen LogP contribution in [0.25, 0.3) is 0 Å². The zero-order valence-electron chi connectivity index (χ0n) is 16.4. The van der Waals surface area contributed by atoms with Crippen molar-refractivity contribution >= 4 is 46.6 Å². The number of nitrogens with one attached hydrogen (secondary N) is 2. The van der Waals surface area contributed by atoms with E-state index in [4.69, 9.17) is 27.6 Å². The number of anilines is 2. The molecule has 29 heavy (non-hydrogen) atoms. The van der Waals surface area contributed by atoms with Crippen molar-refractivity contribution in [2.24, 2.45) is 0 Å². The summed E-state index contributed by atoms with van der Waals surface area (Å²) in [5.74, 6) is 0.0155. The average molecular weight is 437 g/mol. The van der Waals surface area contributed by atoms with Gasteiger partial charge in [-0.1, -0.05) is 30.1 Å². The molecule has 0 fully saturated rings. The van der Waals surface area contributed by atoms with Gasteiger partial charge < -0.3 is 9.73 Å². The zero-order chi connectivity index (χ0) is 21.6. The second-order valence-electron chi connectivity index (χ2n) is 6.53. The summed E-state index contributed by atoms with van der Waals surface area (Å²) in [4.78, 5) is 26.5. The molecule has 0 spiro atoms. The first-order valence-electron chi connectivity index (χ1n) is 9.02. The normalized spacial score (nSPS) is 10.7. The maximum Gasteiger partial charge on any atom is 0.240 e. The summed E-state index contributed by atoms with van der Waals surface area (Å²) in [6, 6.07) is 6.81.